The first-order valence-corrected chi connectivity index (χ1v) is 30.0. The Hall–Kier alpha value is -3.92. The van der Waals surface area contributed by atoms with Gasteiger partial charge in [-0.1, -0.05) is 203 Å². The number of hydrogen-bond acceptors (Lipinski definition) is 7. The predicted octanol–water partition coefficient (Wildman–Crippen LogP) is 20.0. The highest BCUT2D eigenvalue weighted by Crippen LogP contribution is 2.56. The first-order chi connectivity index (χ1) is 34.4. The second-order valence-electron chi connectivity index (χ2n) is 22.1. The minimum atomic E-state index is -0.364. The van der Waals surface area contributed by atoms with Gasteiger partial charge in [-0.2, -0.15) is 8.75 Å². The maximum Gasteiger partial charge on any atom is 0.465 e. The highest BCUT2D eigenvalue weighted by atomic mass is 32.1. The van der Waals surface area contributed by atoms with Crippen LogP contribution in [0, 0.1) is 0 Å². The van der Waals surface area contributed by atoms with Gasteiger partial charge in [-0.3, -0.25) is 0 Å². The fourth-order valence-electron chi connectivity index (χ4n) is 11.5. The summed E-state index contributed by atoms with van der Waals surface area (Å²) >= 11 is 5.08. The number of benzene rings is 4. The largest absolute Gasteiger partial charge is 0.465 e. The number of thiophene rings is 2. The second-order valence-corrected chi connectivity index (χ2v) is 24.9. The zero-order valence-electron chi connectivity index (χ0n) is 44.2. The summed E-state index contributed by atoms with van der Waals surface area (Å²) < 4.78 is 23.3. The molecule has 1 saturated heterocycles. The van der Waals surface area contributed by atoms with Crippen molar-refractivity contribution >= 4 is 52.6 Å². The van der Waals surface area contributed by atoms with Gasteiger partial charge in [0, 0.05) is 47.8 Å². The van der Waals surface area contributed by atoms with Gasteiger partial charge in [-0.15, -0.1) is 22.7 Å². The average molecular weight is 1000 g/mol. The van der Waals surface area contributed by atoms with Crippen molar-refractivity contribution in [3.05, 3.63) is 130 Å². The Balaban J connectivity index is 1.04. The number of hydrogen-bond donors (Lipinski definition) is 0. The van der Waals surface area contributed by atoms with E-state index in [1.54, 1.807) is 5.56 Å². The van der Waals surface area contributed by atoms with Crippen LogP contribution in [0.25, 0.3) is 53.5 Å². The van der Waals surface area contributed by atoms with E-state index in [-0.39, 0.29) is 29.6 Å². The summed E-state index contributed by atoms with van der Waals surface area (Å²) in [6.45, 7) is 17.9. The maximum atomic E-state index is 6.71. The zero-order chi connectivity index (χ0) is 49.6. The Morgan fingerprint density at radius 2 is 0.986 bits per heavy atom. The van der Waals surface area contributed by atoms with E-state index in [1.807, 2.05) is 22.7 Å². The summed E-state index contributed by atoms with van der Waals surface area (Å²) in [5, 5.41) is 0. The first-order valence-electron chi connectivity index (χ1n) is 27.6. The predicted molar refractivity (Wildman–Crippen MR) is 309 cm³/mol. The summed E-state index contributed by atoms with van der Waals surface area (Å²) in [6, 6.07) is 39.5. The SMILES string of the molecule is CCCCCCCCCCC1(CCCCCCCCCC)c2cc(-c3ccc(-c4ccc(-c5ccc(C(C)c6ccccc6)s5)c5nsnc45)s3)ccc2-c2ccc(C(C)B3OC(C)(C)C(C)(C)O3)cc21. The fourth-order valence-corrected chi connectivity index (χ4v) is 14.2. The maximum absolute atomic E-state index is 6.71. The Bertz CT molecular complexity index is 2800. The lowest BCUT2D eigenvalue weighted by Crippen LogP contribution is -2.41. The van der Waals surface area contributed by atoms with Gasteiger partial charge in [0.05, 0.1) is 22.9 Å². The number of nitrogens with zero attached hydrogens (tertiary/aromatic N) is 2. The van der Waals surface area contributed by atoms with Crippen molar-refractivity contribution in [2.24, 2.45) is 0 Å². The molecule has 374 valence electrons. The lowest BCUT2D eigenvalue weighted by molar-refractivity contribution is 0.00578. The van der Waals surface area contributed by atoms with Crippen LogP contribution in [0.1, 0.15) is 210 Å². The summed E-state index contributed by atoms with van der Waals surface area (Å²) in [5.74, 6) is 0.443. The molecule has 0 radical (unpaired) electrons. The van der Waals surface area contributed by atoms with E-state index < -0.39 is 0 Å². The van der Waals surface area contributed by atoms with Crippen molar-refractivity contribution < 1.29 is 9.31 Å². The van der Waals surface area contributed by atoms with Crippen molar-refractivity contribution in [2.45, 2.75) is 199 Å². The molecule has 0 N–H and O–H groups in total. The molecule has 4 nitrogen and oxygen atoms in total. The molecule has 2 unspecified atom stereocenters. The molecule has 2 aliphatic rings. The molecule has 4 heterocycles. The normalized spacial score (nSPS) is 16.4. The second kappa shape index (κ2) is 23.1. The van der Waals surface area contributed by atoms with Gasteiger partial charge in [-0.05, 0) is 110 Å². The summed E-state index contributed by atoms with van der Waals surface area (Å²) in [4.78, 5) is 5.15. The lowest BCUT2D eigenvalue weighted by Gasteiger charge is -2.34. The molecule has 0 saturated carbocycles. The van der Waals surface area contributed by atoms with Gasteiger partial charge in [0.2, 0.25) is 0 Å². The number of fused-ring (bicyclic) bond motifs is 4. The molecular weight excluding hydrogens is 924 g/mol. The quantitative estimate of drug-likeness (QED) is 0.0423. The fraction of sp³-hybridized carbons (Fsp3) is 0.492. The van der Waals surface area contributed by atoms with Gasteiger partial charge >= 0.3 is 7.12 Å². The van der Waals surface area contributed by atoms with Crippen molar-refractivity contribution in [3.63, 3.8) is 0 Å². The van der Waals surface area contributed by atoms with Crippen LogP contribution in [0.15, 0.2) is 103 Å². The molecule has 1 aliphatic carbocycles. The average Bonchev–Trinajstić information content (AvgIpc) is 4.24. The van der Waals surface area contributed by atoms with Crippen LogP contribution in [0.5, 0.6) is 0 Å². The van der Waals surface area contributed by atoms with Gasteiger partial charge < -0.3 is 9.31 Å². The highest BCUT2D eigenvalue weighted by molar-refractivity contribution is 7.19. The van der Waals surface area contributed by atoms with E-state index in [1.165, 1.54) is 191 Å². The third kappa shape index (κ3) is 11.1. The molecule has 1 aliphatic heterocycles. The van der Waals surface area contributed by atoms with Crippen LogP contribution in [-0.2, 0) is 14.7 Å². The molecule has 3 aromatic heterocycles. The molecule has 7 aromatic rings. The number of unbranched alkanes of at least 4 members (excludes halogenated alkanes) is 14. The minimum Gasteiger partial charge on any atom is -0.403 e. The van der Waals surface area contributed by atoms with E-state index >= 15 is 0 Å². The topological polar surface area (TPSA) is 44.2 Å². The van der Waals surface area contributed by atoms with Crippen LogP contribution >= 0.6 is 34.4 Å². The summed E-state index contributed by atoms with van der Waals surface area (Å²) in [7, 11) is -0.286. The molecule has 0 amide bonds. The molecule has 9 rings (SSSR count). The van der Waals surface area contributed by atoms with Gasteiger partial charge in [0.25, 0.3) is 0 Å². The standard InChI is InChI=1S/C63H79BN2O2S3/c1-9-11-13-15-17-19-21-26-40-63(41-27-22-20-18-16-14-12-10-2)53-42-47(45(4)64-67-61(5,6)62(7,8)68-64)30-32-49(53)50-33-31-48(43-54(50)63)56-37-39-58(70-56)52-35-34-51(59-60(52)66-71-65-59)57-38-36-55(69-57)44(3)46-28-24-23-25-29-46/h23-25,28-39,42-45H,9-22,26-27,40-41H2,1-8H3. The van der Waals surface area contributed by atoms with Crippen LogP contribution in [0.3, 0.4) is 0 Å². The Kier molecular flexibility index (Phi) is 16.9. The van der Waals surface area contributed by atoms with Gasteiger partial charge in [-0.25, -0.2) is 0 Å². The van der Waals surface area contributed by atoms with Gasteiger partial charge in [0.1, 0.15) is 11.0 Å². The molecule has 8 heteroatoms. The van der Waals surface area contributed by atoms with Crippen LogP contribution < -0.4 is 0 Å². The first kappa shape index (κ1) is 52.0. The van der Waals surface area contributed by atoms with E-state index in [0.717, 1.165) is 11.0 Å². The van der Waals surface area contributed by atoms with E-state index in [9.17, 15) is 0 Å². The molecule has 4 aromatic carbocycles. The monoisotopic (exact) mass is 1000 g/mol. The number of rotatable bonds is 25. The van der Waals surface area contributed by atoms with E-state index in [0.29, 0.717) is 5.92 Å². The molecule has 0 spiro atoms. The summed E-state index contributed by atoms with van der Waals surface area (Å²) in [5.41, 5.74) is 13.5. The van der Waals surface area contributed by atoms with E-state index in [4.69, 9.17) is 18.1 Å². The zero-order valence-corrected chi connectivity index (χ0v) is 46.7. The van der Waals surface area contributed by atoms with Crippen LogP contribution in [-0.4, -0.2) is 27.1 Å². The van der Waals surface area contributed by atoms with Crippen LogP contribution in [0.2, 0.25) is 0 Å². The Labute approximate surface area is 439 Å². The Morgan fingerprint density at radius 1 is 0.493 bits per heavy atom. The van der Waals surface area contributed by atoms with Gasteiger partial charge in [0.15, 0.2) is 0 Å². The molecule has 71 heavy (non-hydrogen) atoms. The Morgan fingerprint density at radius 3 is 1.58 bits per heavy atom. The third-order valence-electron chi connectivity index (χ3n) is 16.7. The number of aromatic nitrogens is 2. The molecular formula is C63H79BN2O2S3. The smallest absolute Gasteiger partial charge is 0.403 e. The van der Waals surface area contributed by atoms with Crippen molar-refractivity contribution in [1.82, 2.24) is 8.75 Å². The highest BCUT2D eigenvalue weighted by Gasteiger charge is 2.53. The molecule has 2 atom stereocenters. The molecule has 0 bridgehead atoms. The van der Waals surface area contributed by atoms with Crippen molar-refractivity contribution in [1.29, 1.82) is 0 Å². The lowest BCUT2D eigenvalue weighted by atomic mass is 9.66. The third-order valence-corrected chi connectivity index (χ3v) is 19.7. The molecule has 1 fully saturated rings. The minimum absolute atomic E-state index is 0.0499. The van der Waals surface area contributed by atoms with Crippen molar-refractivity contribution in [3.8, 4) is 42.4 Å². The van der Waals surface area contributed by atoms with Crippen molar-refractivity contribution in [2.75, 3.05) is 0 Å². The summed E-state index contributed by atoms with van der Waals surface area (Å²) in [6.07, 6.45) is 23.7. The van der Waals surface area contributed by atoms with Crippen LogP contribution in [0.4, 0.5) is 0 Å². The van der Waals surface area contributed by atoms with E-state index in [2.05, 4.69) is 159 Å².